The number of hydrogen-bond donors (Lipinski definition) is 1. The van der Waals surface area contributed by atoms with Crippen LogP contribution in [0.2, 0.25) is 0 Å². The zero-order valence-electron chi connectivity index (χ0n) is 14.5. The van der Waals surface area contributed by atoms with E-state index in [2.05, 4.69) is 25.7 Å². The fourth-order valence-corrected chi connectivity index (χ4v) is 3.99. The molecule has 1 saturated heterocycles. The number of rotatable bonds is 7. The summed E-state index contributed by atoms with van der Waals surface area (Å²) in [4.78, 5) is 28.3. The number of amides is 2. The third-order valence-corrected chi connectivity index (χ3v) is 5.81. The highest BCUT2D eigenvalue weighted by Crippen LogP contribution is 2.14. The van der Waals surface area contributed by atoms with Gasteiger partial charge in [0.05, 0.1) is 5.75 Å². The summed E-state index contributed by atoms with van der Waals surface area (Å²) in [6, 6.07) is 1.82. The smallest absolute Gasteiger partial charge is 0.252 e. The molecule has 0 radical (unpaired) electrons. The minimum atomic E-state index is -0.0321. The van der Waals surface area contributed by atoms with E-state index in [0.29, 0.717) is 36.1 Å². The topological polar surface area (TPSA) is 96.2 Å². The number of aromatic nitrogens is 4. The lowest BCUT2D eigenvalue weighted by Crippen LogP contribution is -2.50. The van der Waals surface area contributed by atoms with Gasteiger partial charge in [0.25, 0.3) is 5.91 Å². The lowest BCUT2D eigenvalue weighted by molar-refractivity contribution is -0.130. The summed E-state index contributed by atoms with van der Waals surface area (Å²) in [6.07, 6.45) is 0. The Morgan fingerprint density at radius 1 is 1.31 bits per heavy atom. The second-order valence-electron chi connectivity index (χ2n) is 5.86. The Hall–Kier alpha value is -1.98. The molecule has 9 nitrogen and oxygen atoms in total. The molecule has 3 rings (SSSR count). The Kier molecular flexibility index (Phi) is 6.58. The Morgan fingerprint density at radius 3 is 2.77 bits per heavy atom. The Balaban J connectivity index is 1.33. The number of carbonyl (C=O) groups excluding carboxylic acids is 2. The largest absolute Gasteiger partial charge is 0.351 e. The number of thioether (sulfide) groups is 1. The summed E-state index contributed by atoms with van der Waals surface area (Å²) in [5.41, 5.74) is 0.709. The van der Waals surface area contributed by atoms with Crippen LogP contribution in [0.4, 0.5) is 0 Å². The maximum absolute atomic E-state index is 12.3. The molecule has 0 spiro atoms. The first kappa shape index (κ1) is 18.8. The van der Waals surface area contributed by atoms with Crippen molar-refractivity contribution in [2.45, 2.75) is 5.16 Å². The van der Waals surface area contributed by atoms with Crippen LogP contribution < -0.4 is 5.32 Å². The molecule has 1 fully saturated rings. The first-order valence-electron chi connectivity index (χ1n) is 8.29. The average molecular weight is 396 g/mol. The van der Waals surface area contributed by atoms with Gasteiger partial charge >= 0.3 is 0 Å². The molecule has 0 unspecified atom stereocenters. The van der Waals surface area contributed by atoms with Crippen LogP contribution in [-0.2, 0) is 11.8 Å². The van der Waals surface area contributed by atoms with Crippen LogP contribution in [0, 0.1) is 0 Å². The van der Waals surface area contributed by atoms with E-state index < -0.39 is 0 Å². The molecule has 0 bridgehead atoms. The van der Waals surface area contributed by atoms with E-state index in [0.717, 1.165) is 19.6 Å². The summed E-state index contributed by atoms with van der Waals surface area (Å²) >= 11 is 2.86. The van der Waals surface area contributed by atoms with E-state index in [9.17, 15) is 9.59 Å². The van der Waals surface area contributed by atoms with E-state index in [1.165, 1.54) is 23.1 Å². The fraction of sp³-hybridized carbons (Fsp3) is 0.533. The fourth-order valence-electron chi connectivity index (χ4n) is 2.61. The van der Waals surface area contributed by atoms with E-state index in [4.69, 9.17) is 0 Å². The second-order valence-corrected chi connectivity index (χ2v) is 7.59. The van der Waals surface area contributed by atoms with Gasteiger partial charge in [-0.05, 0) is 21.9 Å². The number of nitrogens with one attached hydrogen (secondary N) is 1. The molecule has 2 aromatic heterocycles. The van der Waals surface area contributed by atoms with Gasteiger partial charge in [0, 0.05) is 57.3 Å². The minimum absolute atomic E-state index is 0.0321. The lowest BCUT2D eigenvalue weighted by Gasteiger charge is -2.34. The van der Waals surface area contributed by atoms with Gasteiger partial charge in [0.15, 0.2) is 0 Å². The normalized spacial score (nSPS) is 15.2. The summed E-state index contributed by atoms with van der Waals surface area (Å²) < 4.78 is 1.56. The van der Waals surface area contributed by atoms with Crippen LogP contribution in [0.5, 0.6) is 0 Å². The highest BCUT2D eigenvalue weighted by molar-refractivity contribution is 7.99. The van der Waals surface area contributed by atoms with Crippen LogP contribution in [-0.4, -0.2) is 86.8 Å². The first-order chi connectivity index (χ1) is 12.6. The average Bonchev–Trinajstić information content (AvgIpc) is 3.32. The number of nitrogens with zero attached hydrogens (tertiary/aromatic N) is 6. The molecule has 11 heteroatoms. The third-order valence-electron chi connectivity index (χ3n) is 4.13. The Bertz CT molecular complexity index is 726. The Labute approximate surface area is 159 Å². The molecule has 3 heterocycles. The van der Waals surface area contributed by atoms with Crippen LogP contribution in [0.15, 0.2) is 22.0 Å². The summed E-state index contributed by atoms with van der Waals surface area (Å²) in [5.74, 6) is 0.407. The molecule has 26 heavy (non-hydrogen) atoms. The molecule has 0 saturated carbocycles. The molecule has 0 aromatic carbocycles. The van der Waals surface area contributed by atoms with Crippen molar-refractivity contribution in [2.24, 2.45) is 7.05 Å². The molecule has 140 valence electrons. The highest BCUT2D eigenvalue weighted by Gasteiger charge is 2.21. The Morgan fingerprint density at radius 2 is 2.12 bits per heavy atom. The summed E-state index contributed by atoms with van der Waals surface area (Å²) in [6.45, 7) is 4.44. The maximum Gasteiger partial charge on any atom is 0.252 e. The first-order valence-corrected chi connectivity index (χ1v) is 10.2. The maximum atomic E-state index is 12.3. The zero-order chi connectivity index (χ0) is 18.4. The number of tetrazole rings is 1. The van der Waals surface area contributed by atoms with Gasteiger partial charge in [-0.15, -0.1) is 5.10 Å². The van der Waals surface area contributed by atoms with E-state index >= 15 is 0 Å². The van der Waals surface area contributed by atoms with Gasteiger partial charge in [-0.3, -0.25) is 14.5 Å². The predicted octanol–water partition coefficient (Wildman–Crippen LogP) is -0.0621. The van der Waals surface area contributed by atoms with Crippen molar-refractivity contribution in [3.05, 3.63) is 22.4 Å². The van der Waals surface area contributed by atoms with Crippen molar-refractivity contribution in [1.82, 2.24) is 35.3 Å². The third kappa shape index (κ3) is 5.02. The van der Waals surface area contributed by atoms with Gasteiger partial charge in [-0.1, -0.05) is 11.8 Å². The van der Waals surface area contributed by atoms with E-state index in [1.807, 2.05) is 21.7 Å². The zero-order valence-corrected chi connectivity index (χ0v) is 16.1. The predicted molar refractivity (Wildman–Crippen MR) is 99.2 cm³/mol. The van der Waals surface area contributed by atoms with Crippen molar-refractivity contribution >= 4 is 34.9 Å². The van der Waals surface area contributed by atoms with Gasteiger partial charge in [-0.2, -0.15) is 11.3 Å². The molecule has 2 aromatic rings. The van der Waals surface area contributed by atoms with Gasteiger partial charge in [-0.25, -0.2) is 4.68 Å². The van der Waals surface area contributed by atoms with Crippen LogP contribution >= 0.6 is 23.1 Å². The van der Waals surface area contributed by atoms with Crippen LogP contribution in [0.1, 0.15) is 10.4 Å². The summed E-state index contributed by atoms with van der Waals surface area (Å²) in [5, 5.41) is 18.5. The lowest BCUT2D eigenvalue weighted by atomic mass is 10.3. The quantitative estimate of drug-likeness (QED) is 0.656. The van der Waals surface area contributed by atoms with Crippen molar-refractivity contribution in [1.29, 1.82) is 0 Å². The molecule has 1 aliphatic heterocycles. The molecular formula is C15H21N7O2S2. The number of piperazine rings is 1. The van der Waals surface area contributed by atoms with Crippen molar-refractivity contribution in [3.63, 3.8) is 0 Å². The highest BCUT2D eigenvalue weighted by atomic mass is 32.2. The van der Waals surface area contributed by atoms with Crippen molar-refractivity contribution in [2.75, 3.05) is 45.0 Å². The van der Waals surface area contributed by atoms with Gasteiger partial charge in [0.1, 0.15) is 0 Å². The summed E-state index contributed by atoms with van der Waals surface area (Å²) in [7, 11) is 1.75. The SMILES string of the molecule is Cn1nnnc1SCC(=O)N1CCN(CCNC(=O)c2ccsc2)CC1. The molecule has 2 amide bonds. The number of carbonyl (C=O) groups is 2. The molecular weight excluding hydrogens is 374 g/mol. The number of hydrogen-bond acceptors (Lipinski definition) is 8. The van der Waals surface area contributed by atoms with Gasteiger partial charge in [0.2, 0.25) is 11.1 Å². The monoisotopic (exact) mass is 395 g/mol. The molecule has 1 aliphatic rings. The van der Waals surface area contributed by atoms with Crippen molar-refractivity contribution in [3.8, 4) is 0 Å². The van der Waals surface area contributed by atoms with E-state index in [1.54, 1.807) is 11.7 Å². The second kappa shape index (κ2) is 9.10. The van der Waals surface area contributed by atoms with E-state index in [-0.39, 0.29) is 11.8 Å². The van der Waals surface area contributed by atoms with Crippen molar-refractivity contribution < 1.29 is 9.59 Å². The standard InChI is InChI=1S/C15H21N7O2S2/c1-20-15(17-18-19-20)26-11-13(23)22-7-5-21(6-8-22)4-3-16-14(24)12-2-9-25-10-12/h2,9-10H,3-8,11H2,1H3,(H,16,24). The minimum Gasteiger partial charge on any atom is -0.351 e. The molecule has 0 aliphatic carbocycles. The molecule has 0 atom stereocenters. The van der Waals surface area contributed by atoms with Crippen LogP contribution in [0.3, 0.4) is 0 Å². The number of thiophene rings is 1. The number of aryl methyl sites for hydroxylation is 1. The van der Waals surface area contributed by atoms with Crippen LogP contribution in [0.25, 0.3) is 0 Å². The van der Waals surface area contributed by atoms with Gasteiger partial charge < -0.3 is 10.2 Å². The molecule has 1 N–H and O–H groups in total.